The molecule has 1 saturated heterocycles. The zero-order chi connectivity index (χ0) is 11.3. The first-order valence-corrected chi connectivity index (χ1v) is 4.86. The van der Waals surface area contributed by atoms with Crippen LogP contribution in [0.2, 0.25) is 0 Å². The van der Waals surface area contributed by atoms with Crippen molar-refractivity contribution in [3.8, 4) is 11.8 Å². The summed E-state index contributed by atoms with van der Waals surface area (Å²) in [5.41, 5.74) is 0. The van der Waals surface area contributed by atoms with Crippen LogP contribution in [0.25, 0.3) is 0 Å². The van der Waals surface area contributed by atoms with Crippen LogP contribution in [0.4, 0.5) is 0 Å². The van der Waals surface area contributed by atoms with E-state index in [0.29, 0.717) is 19.6 Å². The van der Waals surface area contributed by atoms with Gasteiger partial charge < -0.3 is 15.5 Å². The number of carbonyl (C=O) groups excluding carboxylic acids is 2. The maximum absolute atomic E-state index is 11.6. The molecule has 15 heavy (non-hydrogen) atoms. The van der Waals surface area contributed by atoms with Gasteiger partial charge in [0, 0.05) is 26.7 Å². The molecule has 2 N–H and O–H groups in total. The van der Waals surface area contributed by atoms with Crippen LogP contribution in [-0.4, -0.2) is 49.4 Å². The molecule has 1 fully saturated rings. The monoisotopic (exact) mass is 209 g/mol. The molecule has 2 amide bonds. The molecule has 1 aliphatic rings. The van der Waals surface area contributed by atoms with Gasteiger partial charge in [-0.3, -0.25) is 9.59 Å². The van der Waals surface area contributed by atoms with E-state index in [4.69, 9.17) is 0 Å². The van der Waals surface area contributed by atoms with E-state index in [-0.39, 0.29) is 11.8 Å². The molecule has 5 heteroatoms. The largest absolute Gasteiger partial charge is 0.357 e. The number of carbonyl (C=O) groups is 2. The van der Waals surface area contributed by atoms with Crippen molar-refractivity contribution in [2.75, 3.05) is 26.7 Å². The van der Waals surface area contributed by atoms with Gasteiger partial charge in [0.05, 0.1) is 0 Å². The molecule has 0 radical (unpaired) electrons. The Balaban J connectivity index is 2.76. The van der Waals surface area contributed by atoms with Crippen molar-refractivity contribution in [2.24, 2.45) is 0 Å². The van der Waals surface area contributed by atoms with Gasteiger partial charge in [-0.05, 0) is 12.8 Å². The van der Waals surface area contributed by atoms with Crippen LogP contribution in [0.3, 0.4) is 0 Å². The van der Waals surface area contributed by atoms with Crippen molar-refractivity contribution in [2.45, 2.75) is 13.0 Å². The van der Waals surface area contributed by atoms with Gasteiger partial charge >= 0.3 is 0 Å². The number of hydrogen-bond acceptors (Lipinski definition) is 3. The van der Waals surface area contributed by atoms with E-state index in [1.165, 1.54) is 4.90 Å². The fraction of sp³-hybridized carbons (Fsp3) is 0.600. The van der Waals surface area contributed by atoms with Gasteiger partial charge in [-0.2, -0.15) is 0 Å². The third-order valence-electron chi connectivity index (χ3n) is 2.29. The van der Waals surface area contributed by atoms with Gasteiger partial charge in [0.2, 0.25) is 5.91 Å². The van der Waals surface area contributed by atoms with Crippen LogP contribution >= 0.6 is 0 Å². The summed E-state index contributed by atoms with van der Waals surface area (Å²) in [4.78, 5) is 24.6. The first kappa shape index (κ1) is 11.5. The Kier molecular flexibility index (Phi) is 4.13. The molecule has 82 valence electrons. The summed E-state index contributed by atoms with van der Waals surface area (Å²) in [5, 5.41) is 5.61. The van der Waals surface area contributed by atoms with E-state index < -0.39 is 6.04 Å². The van der Waals surface area contributed by atoms with E-state index >= 15 is 0 Å². The molecule has 0 aliphatic carbocycles. The minimum absolute atomic E-state index is 0.159. The van der Waals surface area contributed by atoms with Gasteiger partial charge in [-0.25, -0.2) is 0 Å². The Morgan fingerprint density at radius 3 is 2.87 bits per heavy atom. The second-order valence-corrected chi connectivity index (χ2v) is 3.21. The molecular formula is C10H15N3O2. The van der Waals surface area contributed by atoms with Crippen molar-refractivity contribution >= 4 is 11.8 Å². The lowest BCUT2D eigenvalue weighted by molar-refractivity contribution is -0.137. The Morgan fingerprint density at radius 2 is 2.27 bits per heavy atom. The Hall–Kier alpha value is -1.54. The summed E-state index contributed by atoms with van der Waals surface area (Å²) in [6.45, 7) is 3.31. The molecule has 0 spiro atoms. The fourth-order valence-electron chi connectivity index (χ4n) is 1.53. The van der Waals surface area contributed by atoms with Crippen molar-refractivity contribution in [1.82, 2.24) is 15.5 Å². The molecule has 1 rings (SSSR count). The smallest absolute Gasteiger partial charge is 0.299 e. The molecule has 0 bridgehead atoms. The lowest BCUT2D eigenvalue weighted by Gasteiger charge is -2.33. The average molecular weight is 209 g/mol. The van der Waals surface area contributed by atoms with Crippen molar-refractivity contribution in [3.05, 3.63) is 0 Å². The number of likely N-dealkylation sites (N-methyl/N-ethyl adjacent to an activating group) is 1. The molecule has 1 unspecified atom stereocenters. The number of amides is 2. The van der Waals surface area contributed by atoms with Crippen LogP contribution in [-0.2, 0) is 9.59 Å². The SMILES string of the molecule is CC#CC(=O)N1CCNCC1C(=O)NC. The zero-order valence-corrected chi connectivity index (χ0v) is 8.96. The minimum atomic E-state index is -0.447. The number of nitrogens with zero attached hydrogens (tertiary/aromatic N) is 1. The predicted octanol–water partition coefficient (Wildman–Crippen LogP) is -1.44. The summed E-state index contributed by atoms with van der Waals surface area (Å²) in [7, 11) is 1.56. The molecule has 5 nitrogen and oxygen atoms in total. The van der Waals surface area contributed by atoms with Crippen molar-refractivity contribution in [1.29, 1.82) is 0 Å². The maximum atomic E-state index is 11.6. The third-order valence-corrected chi connectivity index (χ3v) is 2.29. The van der Waals surface area contributed by atoms with Crippen LogP contribution in [0.1, 0.15) is 6.92 Å². The third kappa shape index (κ3) is 2.70. The lowest BCUT2D eigenvalue weighted by atomic mass is 10.1. The molecular weight excluding hydrogens is 194 g/mol. The summed E-state index contributed by atoms with van der Waals surface area (Å²) in [6, 6.07) is -0.447. The number of nitrogens with one attached hydrogen (secondary N) is 2. The van der Waals surface area contributed by atoms with Crippen LogP contribution in [0, 0.1) is 11.8 Å². The topological polar surface area (TPSA) is 61.4 Å². The van der Waals surface area contributed by atoms with Crippen LogP contribution in [0.5, 0.6) is 0 Å². The second-order valence-electron chi connectivity index (χ2n) is 3.21. The van der Waals surface area contributed by atoms with Crippen molar-refractivity contribution in [3.63, 3.8) is 0 Å². The normalized spacial score (nSPS) is 20.1. The van der Waals surface area contributed by atoms with E-state index in [1.807, 2.05) is 0 Å². The highest BCUT2D eigenvalue weighted by atomic mass is 16.2. The molecule has 1 aliphatic heterocycles. The summed E-state index contributed by atoms with van der Waals surface area (Å²) in [6.07, 6.45) is 0. The van der Waals surface area contributed by atoms with Gasteiger partial charge in [0.25, 0.3) is 5.91 Å². The molecule has 0 aromatic rings. The van der Waals surface area contributed by atoms with Crippen molar-refractivity contribution < 1.29 is 9.59 Å². The van der Waals surface area contributed by atoms with Gasteiger partial charge in [0.15, 0.2) is 0 Å². The summed E-state index contributed by atoms with van der Waals surface area (Å²) < 4.78 is 0. The highest BCUT2D eigenvalue weighted by molar-refractivity contribution is 5.97. The van der Waals surface area contributed by atoms with E-state index in [2.05, 4.69) is 22.5 Å². The molecule has 0 aromatic carbocycles. The first-order valence-electron chi connectivity index (χ1n) is 4.86. The standard InChI is InChI=1S/C10H15N3O2/c1-3-4-9(14)13-6-5-12-7-8(13)10(15)11-2/h8,12H,5-7H2,1-2H3,(H,11,15). The van der Waals surface area contributed by atoms with Gasteiger partial charge in [-0.15, -0.1) is 0 Å². The predicted molar refractivity (Wildman–Crippen MR) is 55.9 cm³/mol. The number of piperazine rings is 1. The lowest BCUT2D eigenvalue weighted by Crippen LogP contribution is -2.59. The molecule has 1 heterocycles. The quantitative estimate of drug-likeness (QED) is 0.520. The highest BCUT2D eigenvalue weighted by Crippen LogP contribution is 2.03. The fourth-order valence-corrected chi connectivity index (χ4v) is 1.53. The van der Waals surface area contributed by atoms with E-state index in [9.17, 15) is 9.59 Å². The molecule has 0 saturated carbocycles. The van der Waals surface area contributed by atoms with E-state index in [1.54, 1.807) is 14.0 Å². The van der Waals surface area contributed by atoms with Gasteiger partial charge in [-0.1, -0.05) is 5.92 Å². The van der Waals surface area contributed by atoms with Crippen LogP contribution < -0.4 is 10.6 Å². The Bertz CT molecular complexity index is 316. The Morgan fingerprint density at radius 1 is 1.53 bits per heavy atom. The number of hydrogen-bond donors (Lipinski definition) is 2. The maximum Gasteiger partial charge on any atom is 0.299 e. The second kappa shape index (κ2) is 5.37. The average Bonchev–Trinajstić information content (AvgIpc) is 2.28. The summed E-state index contributed by atoms with van der Waals surface area (Å²) >= 11 is 0. The molecule has 1 atom stereocenters. The zero-order valence-electron chi connectivity index (χ0n) is 8.96. The van der Waals surface area contributed by atoms with Gasteiger partial charge in [0.1, 0.15) is 6.04 Å². The first-order chi connectivity index (χ1) is 7.20. The Labute approximate surface area is 89.2 Å². The summed E-state index contributed by atoms with van der Waals surface area (Å²) in [5.74, 6) is 4.56. The van der Waals surface area contributed by atoms with E-state index in [0.717, 1.165) is 0 Å². The van der Waals surface area contributed by atoms with Crippen LogP contribution in [0.15, 0.2) is 0 Å². The molecule has 0 aromatic heterocycles. The highest BCUT2D eigenvalue weighted by Gasteiger charge is 2.30. The minimum Gasteiger partial charge on any atom is -0.357 e. The number of rotatable bonds is 1.